The summed E-state index contributed by atoms with van der Waals surface area (Å²) in [6.45, 7) is 2.67. The van der Waals surface area contributed by atoms with Crippen LogP contribution in [-0.4, -0.2) is 42.6 Å². The van der Waals surface area contributed by atoms with E-state index in [1.54, 1.807) is 4.52 Å². The Morgan fingerprint density at radius 1 is 1.37 bits per heavy atom. The summed E-state index contributed by atoms with van der Waals surface area (Å²) in [5.74, 6) is 1.52. The highest BCUT2D eigenvalue weighted by Gasteiger charge is 2.44. The highest BCUT2D eigenvalue weighted by Crippen LogP contribution is 2.42. The summed E-state index contributed by atoms with van der Waals surface area (Å²) in [5.41, 5.74) is 10.1. The van der Waals surface area contributed by atoms with Gasteiger partial charge in [-0.1, -0.05) is 0 Å². The monoisotopic (exact) mass is 406 g/mol. The van der Waals surface area contributed by atoms with E-state index in [1.807, 2.05) is 23.9 Å². The van der Waals surface area contributed by atoms with Crippen molar-refractivity contribution in [3.05, 3.63) is 34.8 Å². The third kappa shape index (κ3) is 3.17. The van der Waals surface area contributed by atoms with Crippen molar-refractivity contribution in [2.45, 2.75) is 51.0 Å². The van der Waals surface area contributed by atoms with Crippen molar-refractivity contribution < 1.29 is 5.11 Å². The zero-order valence-electron chi connectivity index (χ0n) is 17.1. The van der Waals surface area contributed by atoms with Gasteiger partial charge in [-0.15, -0.1) is 0 Å². The van der Waals surface area contributed by atoms with Gasteiger partial charge in [-0.2, -0.15) is 20.0 Å². The van der Waals surface area contributed by atoms with Crippen LogP contribution in [0.5, 0.6) is 0 Å². The number of anilines is 2. The van der Waals surface area contributed by atoms with Crippen LogP contribution in [0.4, 0.5) is 11.6 Å². The van der Waals surface area contributed by atoms with E-state index in [0.717, 1.165) is 41.9 Å². The number of fused-ring (bicyclic) bond motifs is 1. The average molecular weight is 406 g/mol. The summed E-state index contributed by atoms with van der Waals surface area (Å²) >= 11 is 0. The molecule has 4 N–H and O–H groups in total. The van der Waals surface area contributed by atoms with Gasteiger partial charge in [0.1, 0.15) is 23.3 Å². The van der Waals surface area contributed by atoms with Crippen LogP contribution < -0.4 is 11.1 Å². The van der Waals surface area contributed by atoms with Gasteiger partial charge < -0.3 is 16.2 Å². The maximum absolute atomic E-state index is 9.64. The number of aryl methyl sites for hydroxylation is 1. The second kappa shape index (κ2) is 6.99. The van der Waals surface area contributed by atoms with Gasteiger partial charge in [0.05, 0.1) is 23.5 Å². The van der Waals surface area contributed by atoms with Gasteiger partial charge in [-0.25, -0.2) is 4.98 Å². The molecule has 0 aliphatic heterocycles. The molecule has 2 fully saturated rings. The molecule has 0 saturated heterocycles. The van der Waals surface area contributed by atoms with Crippen LogP contribution in [0.1, 0.15) is 48.2 Å². The molecule has 9 nitrogen and oxygen atoms in total. The van der Waals surface area contributed by atoms with Gasteiger partial charge in [0.2, 0.25) is 0 Å². The lowest BCUT2D eigenvalue weighted by Gasteiger charge is -2.12. The van der Waals surface area contributed by atoms with Gasteiger partial charge in [0.25, 0.3) is 0 Å². The van der Waals surface area contributed by atoms with Crippen LogP contribution in [0.15, 0.2) is 12.3 Å². The molecule has 0 aromatic carbocycles. The Morgan fingerprint density at radius 3 is 2.83 bits per heavy atom. The summed E-state index contributed by atoms with van der Waals surface area (Å²) in [6, 6.07) is 4.14. The predicted octanol–water partition coefficient (Wildman–Crippen LogP) is 1.78. The first-order chi connectivity index (χ1) is 14.5. The second-order valence-corrected chi connectivity index (χ2v) is 8.59. The van der Waals surface area contributed by atoms with E-state index >= 15 is 0 Å². The zero-order chi connectivity index (χ0) is 20.9. The summed E-state index contributed by atoms with van der Waals surface area (Å²) in [7, 11) is 0. The van der Waals surface area contributed by atoms with Gasteiger partial charge in [0.15, 0.2) is 5.65 Å². The van der Waals surface area contributed by atoms with Crippen LogP contribution in [0, 0.1) is 24.2 Å². The molecule has 2 aliphatic rings. The van der Waals surface area contributed by atoms with Crippen molar-refractivity contribution in [3.8, 4) is 6.07 Å². The molecule has 9 heteroatoms. The molecule has 0 atom stereocenters. The standard InChI is InChI=1S/C21H26N8O/c1-13-16(10-14-2-3-14)20-25-19(17(11-22)18(23)29(20)26-13)24-8-4-15-5-9-28(27-15)21(12-30)6-7-21/h5,9,14,30H,2-4,6-8,10,12,23H2,1H3,(H,24,25). The van der Waals surface area contributed by atoms with Crippen molar-refractivity contribution in [1.82, 2.24) is 24.4 Å². The first-order valence-corrected chi connectivity index (χ1v) is 10.5. The second-order valence-electron chi connectivity index (χ2n) is 8.59. The highest BCUT2D eigenvalue weighted by molar-refractivity contribution is 5.69. The quantitative estimate of drug-likeness (QED) is 0.520. The van der Waals surface area contributed by atoms with Crippen molar-refractivity contribution in [1.29, 1.82) is 5.26 Å². The molecule has 5 rings (SSSR count). The lowest BCUT2D eigenvalue weighted by atomic mass is 10.1. The van der Waals surface area contributed by atoms with Crippen LogP contribution in [0.25, 0.3) is 5.65 Å². The van der Waals surface area contributed by atoms with E-state index in [1.165, 1.54) is 12.8 Å². The number of nitrogens with one attached hydrogen (secondary N) is 1. The number of nitrogen functional groups attached to an aromatic ring is 1. The Labute approximate surface area is 174 Å². The number of nitrogens with two attached hydrogens (primary N) is 1. The summed E-state index contributed by atoms with van der Waals surface area (Å²) in [4.78, 5) is 4.74. The Bertz CT molecular complexity index is 1150. The number of nitrogens with zero attached hydrogens (tertiary/aromatic N) is 6. The summed E-state index contributed by atoms with van der Waals surface area (Å²) < 4.78 is 3.48. The van der Waals surface area contributed by atoms with E-state index in [-0.39, 0.29) is 12.1 Å². The summed E-state index contributed by atoms with van der Waals surface area (Å²) in [5, 5.41) is 31.6. The lowest BCUT2D eigenvalue weighted by Crippen LogP contribution is -2.22. The first-order valence-electron chi connectivity index (χ1n) is 10.5. The molecule has 0 radical (unpaired) electrons. The van der Waals surface area contributed by atoms with Gasteiger partial charge in [-0.05, 0) is 51.0 Å². The fraction of sp³-hybridized carbons (Fsp3) is 0.524. The fourth-order valence-electron chi connectivity index (χ4n) is 3.98. The minimum Gasteiger partial charge on any atom is -0.394 e. The number of aliphatic hydroxyl groups is 1. The highest BCUT2D eigenvalue weighted by atomic mass is 16.3. The van der Waals surface area contributed by atoms with Crippen molar-refractivity contribution in [2.24, 2.45) is 5.92 Å². The first kappa shape index (κ1) is 18.9. The Balaban J connectivity index is 1.36. The van der Waals surface area contributed by atoms with E-state index in [2.05, 4.69) is 21.6 Å². The van der Waals surface area contributed by atoms with E-state index in [0.29, 0.717) is 36.1 Å². The third-order valence-corrected chi connectivity index (χ3v) is 6.32. The van der Waals surface area contributed by atoms with E-state index in [4.69, 9.17) is 10.7 Å². The van der Waals surface area contributed by atoms with Crippen LogP contribution in [0.2, 0.25) is 0 Å². The normalized spacial score (nSPS) is 17.2. The molecule has 3 heterocycles. The van der Waals surface area contributed by atoms with Crippen LogP contribution >= 0.6 is 0 Å². The number of rotatable bonds is 8. The number of nitriles is 1. The van der Waals surface area contributed by atoms with Gasteiger partial charge >= 0.3 is 0 Å². The largest absolute Gasteiger partial charge is 0.394 e. The van der Waals surface area contributed by atoms with Crippen LogP contribution in [0.3, 0.4) is 0 Å². The maximum atomic E-state index is 9.64. The Morgan fingerprint density at radius 2 is 2.17 bits per heavy atom. The van der Waals surface area contributed by atoms with E-state index in [9.17, 15) is 10.4 Å². The number of hydrogen-bond acceptors (Lipinski definition) is 7. The fourth-order valence-corrected chi connectivity index (χ4v) is 3.98. The smallest absolute Gasteiger partial charge is 0.163 e. The molecular weight excluding hydrogens is 380 g/mol. The van der Waals surface area contributed by atoms with E-state index < -0.39 is 0 Å². The molecule has 2 saturated carbocycles. The minimum absolute atomic E-state index is 0.120. The Hall–Kier alpha value is -3.12. The average Bonchev–Trinajstić information content (AvgIpc) is 3.65. The molecule has 30 heavy (non-hydrogen) atoms. The zero-order valence-corrected chi connectivity index (χ0v) is 17.1. The van der Waals surface area contributed by atoms with Gasteiger partial charge in [0, 0.05) is 24.7 Å². The molecule has 0 spiro atoms. The SMILES string of the molecule is Cc1nn2c(N)c(C#N)c(NCCc3ccn(C4(CO)CC4)n3)nc2c1CC1CC1. The van der Waals surface area contributed by atoms with Crippen molar-refractivity contribution in [2.75, 3.05) is 24.2 Å². The Kier molecular flexibility index (Phi) is 4.40. The number of hydrogen-bond donors (Lipinski definition) is 3. The molecular formula is C21H26N8O. The predicted molar refractivity (Wildman–Crippen MR) is 112 cm³/mol. The van der Waals surface area contributed by atoms with Crippen molar-refractivity contribution in [3.63, 3.8) is 0 Å². The number of aliphatic hydroxyl groups excluding tert-OH is 1. The molecule has 0 bridgehead atoms. The molecule has 0 unspecified atom stereocenters. The molecule has 156 valence electrons. The topological polar surface area (TPSA) is 130 Å². The van der Waals surface area contributed by atoms with Crippen LogP contribution in [-0.2, 0) is 18.4 Å². The number of aromatic nitrogens is 5. The minimum atomic E-state index is -0.196. The lowest BCUT2D eigenvalue weighted by molar-refractivity contribution is 0.202. The molecule has 0 amide bonds. The van der Waals surface area contributed by atoms with Crippen molar-refractivity contribution >= 4 is 17.3 Å². The van der Waals surface area contributed by atoms with Gasteiger partial charge in [-0.3, -0.25) is 4.68 Å². The molecule has 3 aromatic rings. The third-order valence-electron chi connectivity index (χ3n) is 6.32. The summed E-state index contributed by atoms with van der Waals surface area (Å²) in [6.07, 6.45) is 7.99. The maximum Gasteiger partial charge on any atom is 0.163 e. The molecule has 2 aliphatic carbocycles. The molecule has 3 aromatic heterocycles.